The van der Waals surface area contributed by atoms with E-state index in [1.165, 1.54) is 0 Å². The van der Waals surface area contributed by atoms with Crippen molar-refractivity contribution in [3.8, 4) is 0 Å². The largest absolute Gasteiger partial charge is 0.301 e. The van der Waals surface area contributed by atoms with Gasteiger partial charge in [0.05, 0.1) is 0 Å². The zero-order valence-corrected chi connectivity index (χ0v) is 9.72. The van der Waals surface area contributed by atoms with Gasteiger partial charge in [0.1, 0.15) is 5.82 Å². The van der Waals surface area contributed by atoms with E-state index in [0.29, 0.717) is 12.4 Å². The molecule has 1 aromatic heterocycles. The number of aromatic amines is 1. The van der Waals surface area contributed by atoms with Gasteiger partial charge in [-0.15, -0.1) is 5.10 Å². The first-order chi connectivity index (χ1) is 6.89. The predicted octanol–water partition coefficient (Wildman–Crippen LogP) is 0.0154. The Hall–Kier alpha value is -1.15. The minimum absolute atomic E-state index is 0.0451. The molecule has 15 heavy (non-hydrogen) atoms. The molecule has 86 valence electrons. The summed E-state index contributed by atoms with van der Waals surface area (Å²) in [6, 6.07) is 0. The van der Waals surface area contributed by atoms with Crippen molar-refractivity contribution >= 4 is 16.2 Å². The van der Waals surface area contributed by atoms with E-state index >= 15 is 0 Å². The van der Waals surface area contributed by atoms with Crippen molar-refractivity contribution in [3.05, 3.63) is 5.82 Å². The van der Waals surface area contributed by atoms with E-state index in [1.54, 1.807) is 6.92 Å². The Morgan fingerprint density at radius 2 is 2.13 bits per heavy atom. The number of hydrogen-bond acceptors (Lipinski definition) is 4. The summed E-state index contributed by atoms with van der Waals surface area (Å²) in [6.45, 7) is 5.89. The van der Waals surface area contributed by atoms with Crippen LogP contribution in [0.1, 0.15) is 19.7 Å². The molecule has 1 heterocycles. The molecule has 0 aromatic carbocycles. The second-order valence-corrected chi connectivity index (χ2v) is 5.09. The molecule has 0 unspecified atom stereocenters. The van der Waals surface area contributed by atoms with Gasteiger partial charge in [0, 0.05) is 6.54 Å². The second kappa shape index (κ2) is 4.58. The molecule has 0 aliphatic heterocycles. The summed E-state index contributed by atoms with van der Waals surface area (Å²) in [4.78, 5) is 3.83. The van der Waals surface area contributed by atoms with E-state index in [-0.39, 0.29) is 11.9 Å². The number of hydrogen-bond donors (Lipinski definition) is 3. The first kappa shape index (κ1) is 11.9. The monoisotopic (exact) mass is 233 g/mol. The maximum atomic E-state index is 11.4. The second-order valence-electron chi connectivity index (χ2n) is 3.59. The number of nitrogens with one attached hydrogen (secondary N) is 3. The Labute approximate surface area is 88.9 Å². The summed E-state index contributed by atoms with van der Waals surface area (Å²) >= 11 is 0. The molecule has 0 saturated carbocycles. The van der Waals surface area contributed by atoms with Crippen LogP contribution in [0.3, 0.4) is 0 Å². The van der Waals surface area contributed by atoms with Crippen molar-refractivity contribution < 1.29 is 8.42 Å². The Morgan fingerprint density at radius 1 is 1.47 bits per heavy atom. The Bertz CT molecular complexity index is 411. The molecule has 0 bridgehead atoms. The van der Waals surface area contributed by atoms with Crippen molar-refractivity contribution in [1.29, 1.82) is 0 Å². The maximum Gasteiger partial charge on any atom is 0.301 e. The third-order valence-electron chi connectivity index (χ3n) is 1.50. The quantitative estimate of drug-likeness (QED) is 0.667. The molecule has 1 rings (SSSR count). The van der Waals surface area contributed by atoms with Gasteiger partial charge < -0.3 is 0 Å². The van der Waals surface area contributed by atoms with Gasteiger partial charge in [0.25, 0.3) is 5.95 Å². The lowest BCUT2D eigenvalue weighted by molar-refractivity contribution is 0.564. The molecule has 0 atom stereocenters. The first-order valence-electron chi connectivity index (χ1n) is 4.55. The fourth-order valence-corrected chi connectivity index (χ4v) is 1.78. The number of nitrogens with zero attached hydrogens (tertiary/aromatic N) is 2. The molecule has 8 heteroatoms. The zero-order valence-electron chi connectivity index (χ0n) is 8.90. The summed E-state index contributed by atoms with van der Waals surface area (Å²) in [5, 5.41) is 6.20. The fraction of sp³-hybridized carbons (Fsp3) is 0.714. The van der Waals surface area contributed by atoms with E-state index in [2.05, 4.69) is 24.6 Å². The Balaban J connectivity index is 2.57. The van der Waals surface area contributed by atoms with Crippen LogP contribution in [0.15, 0.2) is 0 Å². The van der Waals surface area contributed by atoms with Gasteiger partial charge in [0.2, 0.25) is 0 Å². The van der Waals surface area contributed by atoms with Crippen LogP contribution in [-0.4, -0.2) is 30.1 Å². The van der Waals surface area contributed by atoms with Crippen LogP contribution in [0.25, 0.3) is 0 Å². The molecular weight excluding hydrogens is 218 g/mol. The van der Waals surface area contributed by atoms with Crippen molar-refractivity contribution in [2.45, 2.75) is 20.8 Å². The van der Waals surface area contributed by atoms with Crippen molar-refractivity contribution in [2.24, 2.45) is 5.92 Å². The predicted molar refractivity (Wildman–Crippen MR) is 56.5 cm³/mol. The minimum atomic E-state index is -3.56. The third-order valence-corrected chi connectivity index (χ3v) is 2.50. The van der Waals surface area contributed by atoms with E-state index in [4.69, 9.17) is 0 Å². The number of rotatable bonds is 5. The van der Waals surface area contributed by atoms with Gasteiger partial charge in [0.15, 0.2) is 0 Å². The summed E-state index contributed by atoms with van der Waals surface area (Å²) in [7, 11) is -3.56. The Morgan fingerprint density at radius 3 is 2.60 bits per heavy atom. The zero-order chi connectivity index (χ0) is 11.5. The average molecular weight is 233 g/mol. The third kappa shape index (κ3) is 4.26. The molecule has 0 radical (unpaired) electrons. The highest BCUT2D eigenvalue weighted by atomic mass is 32.2. The smallest absolute Gasteiger partial charge is 0.261 e. The van der Waals surface area contributed by atoms with Crippen molar-refractivity contribution in [2.75, 3.05) is 11.3 Å². The minimum Gasteiger partial charge on any atom is -0.261 e. The van der Waals surface area contributed by atoms with Crippen LogP contribution in [0, 0.1) is 12.8 Å². The van der Waals surface area contributed by atoms with Crippen LogP contribution >= 0.6 is 0 Å². The molecule has 3 N–H and O–H groups in total. The normalized spacial score (nSPS) is 12.0. The highest BCUT2D eigenvalue weighted by Gasteiger charge is 2.12. The lowest BCUT2D eigenvalue weighted by Crippen LogP contribution is -2.33. The summed E-state index contributed by atoms with van der Waals surface area (Å²) in [6.07, 6.45) is 0. The molecule has 0 aliphatic carbocycles. The molecule has 0 saturated heterocycles. The molecule has 7 nitrogen and oxygen atoms in total. The standard InChI is InChI=1S/C7H15N5O2S/c1-5(2)4-8-15(13,14)12-7-9-6(3)10-11-7/h5,8H,4H2,1-3H3,(H2,9,10,11,12). The van der Waals surface area contributed by atoms with Gasteiger partial charge >= 0.3 is 10.2 Å². The van der Waals surface area contributed by atoms with E-state index in [9.17, 15) is 8.42 Å². The maximum absolute atomic E-state index is 11.4. The van der Waals surface area contributed by atoms with Crippen LogP contribution in [-0.2, 0) is 10.2 Å². The molecule has 0 amide bonds. The van der Waals surface area contributed by atoms with E-state index in [0.717, 1.165) is 0 Å². The molecular formula is C7H15N5O2S. The summed E-state index contributed by atoms with van der Waals surface area (Å²) < 4.78 is 27.4. The van der Waals surface area contributed by atoms with Gasteiger partial charge in [-0.25, -0.2) is 4.72 Å². The van der Waals surface area contributed by atoms with Gasteiger partial charge in [-0.1, -0.05) is 13.8 Å². The number of H-pyrrole nitrogens is 1. The van der Waals surface area contributed by atoms with Crippen LogP contribution in [0.2, 0.25) is 0 Å². The van der Waals surface area contributed by atoms with E-state index < -0.39 is 10.2 Å². The average Bonchev–Trinajstić information content (AvgIpc) is 2.47. The molecule has 0 fully saturated rings. The number of aromatic nitrogens is 3. The topological polar surface area (TPSA) is 99.8 Å². The number of aryl methyl sites for hydroxylation is 1. The van der Waals surface area contributed by atoms with Gasteiger partial charge in [-0.05, 0) is 12.8 Å². The van der Waals surface area contributed by atoms with Crippen molar-refractivity contribution in [1.82, 2.24) is 19.9 Å². The van der Waals surface area contributed by atoms with E-state index in [1.807, 2.05) is 13.8 Å². The van der Waals surface area contributed by atoms with Crippen LogP contribution < -0.4 is 9.44 Å². The first-order valence-corrected chi connectivity index (χ1v) is 6.04. The van der Waals surface area contributed by atoms with Gasteiger partial charge in [-0.3, -0.25) is 5.10 Å². The molecule has 1 aromatic rings. The SMILES string of the molecule is Cc1nc(NS(=O)(=O)NCC(C)C)n[nH]1. The van der Waals surface area contributed by atoms with Gasteiger partial charge in [-0.2, -0.15) is 18.1 Å². The number of anilines is 1. The van der Waals surface area contributed by atoms with Crippen LogP contribution in [0.4, 0.5) is 5.95 Å². The lowest BCUT2D eigenvalue weighted by atomic mass is 10.2. The van der Waals surface area contributed by atoms with Crippen LogP contribution in [0.5, 0.6) is 0 Å². The molecule has 0 aliphatic rings. The fourth-order valence-electron chi connectivity index (χ4n) is 0.821. The van der Waals surface area contributed by atoms with Crippen molar-refractivity contribution in [3.63, 3.8) is 0 Å². The lowest BCUT2D eigenvalue weighted by Gasteiger charge is -2.07. The molecule has 0 spiro atoms. The summed E-state index contributed by atoms with van der Waals surface area (Å²) in [5.41, 5.74) is 0. The summed E-state index contributed by atoms with van der Waals surface area (Å²) in [5.74, 6) is 0.843. The highest BCUT2D eigenvalue weighted by Crippen LogP contribution is 1.99. The highest BCUT2D eigenvalue weighted by molar-refractivity contribution is 7.90. The Kier molecular flexibility index (Phi) is 3.64.